The molecular formula is C26H18N2O2Si2. The van der Waals surface area contributed by atoms with Gasteiger partial charge in [-0.05, 0) is 35.4 Å². The highest BCUT2D eigenvalue weighted by molar-refractivity contribution is 6.65. The number of hydrogen-bond donors (Lipinski definition) is 1. The molecule has 4 aromatic carbocycles. The summed E-state index contributed by atoms with van der Waals surface area (Å²) in [6, 6.07) is 33.4. The number of nitrogens with zero attached hydrogens (tertiary/aromatic N) is 1. The third kappa shape index (κ3) is 3.86. The number of oxazole rings is 1. The Bertz CT molecular complexity index is 1320. The Morgan fingerprint density at radius 1 is 0.719 bits per heavy atom. The van der Waals surface area contributed by atoms with Crippen molar-refractivity contribution >= 4 is 51.7 Å². The molecule has 152 valence electrons. The molecule has 0 bridgehead atoms. The molecule has 4 radical (unpaired) electrons. The molecule has 2 heterocycles. The maximum Gasteiger partial charge on any atom is 0.200 e. The first kappa shape index (κ1) is 19.1. The molecule has 4 nitrogen and oxygen atoms in total. The van der Waals surface area contributed by atoms with Crippen LogP contribution in [-0.2, 0) is 0 Å². The normalized spacial score (nSPS) is 14.7. The van der Waals surface area contributed by atoms with E-state index >= 15 is 0 Å². The highest BCUT2D eigenvalue weighted by Gasteiger charge is 2.22. The van der Waals surface area contributed by atoms with Gasteiger partial charge in [0, 0.05) is 0 Å². The lowest BCUT2D eigenvalue weighted by Crippen LogP contribution is -2.35. The van der Waals surface area contributed by atoms with Gasteiger partial charge in [0.15, 0.2) is 36.0 Å². The number of anilines is 1. The zero-order chi connectivity index (χ0) is 21.3. The molecular weight excluding hydrogens is 428 g/mol. The van der Waals surface area contributed by atoms with Crippen LogP contribution in [-0.4, -0.2) is 29.9 Å². The van der Waals surface area contributed by atoms with Crippen molar-refractivity contribution in [1.82, 2.24) is 4.98 Å². The standard InChI is InChI=1S/C26H18N2O2Si2/c1-3-7-23-21(5-1)27-25(29-23)31-19-13-9-17(10-14-19)18-11-15-20(16-12-18)32-26-28-22-6-2-4-8-24(22)30-26/h1-16,25,27H. The van der Waals surface area contributed by atoms with Crippen molar-refractivity contribution in [2.45, 2.75) is 5.85 Å². The molecule has 6 rings (SSSR count). The molecule has 5 aromatic rings. The van der Waals surface area contributed by atoms with Crippen molar-refractivity contribution in [3.63, 3.8) is 0 Å². The Morgan fingerprint density at radius 2 is 1.41 bits per heavy atom. The lowest BCUT2D eigenvalue weighted by Gasteiger charge is -2.11. The van der Waals surface area contributed by atoms with E-state index in [0.717, 1.165) is 28.1 Å². The zero-order valence-electron chi connectivity index (χ0n) is 17.1. The van der Waals surface area contributed by atoms with Crippen molar-refractivity contribution in [2.75, 3.05) is 5.32 Å². The third-order valence-corrected chi connectivity index (χ3v) is 7.61. The van der Waals surface area contributed by atoms with E-state index in [0.29, 0.717) is 19.0 Å². The molecule has 1 aliphatic rings. The summed E-state index contributed by atoms with van der Waals surface area (Å²) in [6.07, 6.45) is 0. The van der Waals surface area contributed by atoms with Gasteiger partial charge in [0.05, 0.1) is 5.69 Å². The summed E-state index contributed by atoms with van der Waals surface area (Å²) in [5.41, 5.74) is 6.01. The van der Waals surface area contributed by atoms with Crippen LogP contribution in [0.4, 0.5) is 5.69 Å². The molecule has 0 saturated carbocycles. The second-order valence-corrected chi connectivity index (χ2v) is 10.2. The molecule has 0 fully saturated rings. The smallest absolute Gasteiger partial charge is 0.200 e. The number of rotatable bonds is 5. The molecule has 0 spiro atoms. The number of fused-ring (bicyclic) bond motifs is 2. The minimum absolute atomic E-state index is 0.00499. The van der Waals surface area contributed by atoms with E-state index in [4.69, 9.17) is 9.15 Å². The average Bonchev–Trinajstić information content (AvgIpc) is 3.43. The van der Waals surface area contributed by atoms with Gasteiger partial charge in [-0.2, -0.15) is 0 Å². The average molecular weight is 447 g/mol. The molecule has 1 N–H and O–H groups in total. The van der Waals surface area contributed by atoms with Gasteiger partial charge in [0.25, 0.3) is 0 Å². The van der Waals surface area contributed by atoms with E-state index < -0.39 is 0 Å². The number of ether oxygens (including phenoxy) is 1. The van der Waals surface area contributed by atoms with Crippen LogP contribution in [0.15, 0.2) is 101 Å². The van der Waals surface area contributed by atoms with Gasteiger partial charge in [-0.25, -0.2) is 4.98 Å². The van der Waals surface area contributed by atoms with Gasteiger partial charge in [-0.1, -0.05) is 83.2 Å². The maximum absolute atomic E-state index is 6.00. The van der Waals surface area contributed by atoms with Gasteiger partial charge < -0.3 is 14.5 Å². The predicted molar refractivity (Wildman–Crippen MR) is 131 cm³/mol. The third-order valence-electron chi connectivity index (χ3n) is 5.36. The first-order chi connectivity index (χ1) is 15.8. The van der Waals surface area contributed by atoms with Crippen LogP contribution in [0.3, 0.4) is 0 Å². The summed E-state index contributed by atoms with van der Waals surface area (Å²) >= 11 is 0. The number of benzene rings is 4. The number of nitrogens with one attached hydrogen (secondary N) is 1. The molecule has 1 aliphatic heterocycles. The van der Waals surface area contributed by atoms with Crippen molar-refractivity contribution in [3.8, 4) is 16.9 Å². The quantitative estimate of drug-likeness (QED) is 0.421. The Balaban J connectivity index is 1.12. The lowest BCUT2D eigenvalue weighted by atomic mass is 10.1. The lowest BCUT2D eigenvalue weighted by molar-refractivity contribution is 0.331. The van der Waals surface area contributed by atoms with Crippen LogP contribution in [0, 0.1) is 0 Å². The van der Waals surface area contributed by atoms with E-state index in [-0.39, 0.29) is 5.85 Å². The molecule has 1 unspecified atom stereocenters. The first-order valence-electron chi connectivity index (χ1n) is 10.4. The minimum Gasteiger partial charge on any atom is -0.472 e. The fourth-order valence-corrected chi connectivity index (χ4v) is 5.75. The predicted octanol–water partition coefficient (Wildman–Crippen LogP) is 3.27. The van der Waals surface area contributed by atoms with Gasteiger partial charge in [0.2, 0.25) is 0 Å². The highest BCUT2D eigenvalue weighted by Crippen LogP contribution is 2.30. The van der Waals surface area contributed by atoms with Gasteiger partial charge in [0.1, 0.15) is 11.3 Å². The first-order valence-corrected chi connectivity index (χ1v) is 12.5. The molecule has 0 amide bonds. The van der Waals surface area contributed by atoms with Gasteiger partial charge in [-0.15, -0.1) is 0 Å². The van der Waals surface area contributed by atoms with Crippen LogP contribution in [0.2, 0.25) is 0 Å². The summed E-state index contributed by atoms with van der Waals surface area (Å²) in [4.78, 5) is 4.58. The zero-order valence-corrected chi connectivity index (χ0v) is 19.1. The van der Waals surface area contributed by atoms with Crippen LogP contribution < -0.4 is 25.9 Å². The molecule has 6 heteroatoms. The molecule has 0 saturated heterocycles. The Morgan fingerprint density at radius 3 is 2.16 bits per heavy atom. The number of para-hydroxylation sites is 4. The van der Waals surface area contributed by atoms with Crippen LogP contribution in [0.25, 0.3) is 22.2 Å². The van der Waals surface area contributed by atoms with Crippen molar-refractivity contribution in [2.24, 2.45) is 0 Å². The summed E-state index contributed by atoms with van der Waals surface area (Å²) < 4.78 is 11.9. The molecule has 0 aliphatic carbocycles. The number of hydrogen-bond acceptors (Lipinski definition) is 4. The van der Waals surface area contributed by atoms with Crippen LogP contribution in [0.5, 0.6) is 5.75 Å². The summed E-state index contributed by atoms with van der Waals surface area (Å²) in [5.74, 6) is 0.936. The van der Waals surface area contributed by atoms with Crippen molar-refractivity contribution < 1.29 is 9.15 Å². The topological polar surface area (TPSA) is 47.3 Å². The largest absolute Gasteiger partial charge is 0.472 e. The number of aromatic nitrogens is 1. The van der Waals surface area contributed by atoms with Crippen molar-refractivity contribution in [3.05, 3.63) is 97.1 Å². The Hall–Kier alpha value is -3.62. The van der Waals surface area contributed by atoms with E-state index in [9.17, 15) is 0 Å². The van der Waals surface area contributed by atoms with Crippen LogP contribution in [0.1, 0.15) is 0 Å². The fourth-order valence-electron chi connectivity index (χ4n) is 3.76. The molecule has 1 atom stereocenters. The fraction of sp³-hybridized carbons (Fsp3) is 0.0385. The minimum atomic E-state index is 0.00499. The molecule has 1 aromatic heterocycles. The van der Waals surface area contributed by atoms with E-state index in [1.165, 1.54) is 21.5 Å². The van der Waals surface area contributed by atoms with Gasteiger partial charge >= 0.3 is 0 Å². The van der Waals surface area contributed by atoms with Crippen molar-refractivity contribution in [1.29, 1.82) is 0 Å². The molecule has 32 heavy (non-hydrogen) atoms. The SMILES string of the molecule is c1ccc2c(c1)NC([Si]c1ccc(-c3ccc([Si]c4nc5ccccc5o4)cc3)cc1)O2. The Kier molecular flexibility index (Phi) is 4.86. The Labute approximate surface area is 190 Å². The van der Waals surface area contributed by atoms with Gasteiger partial charge in [-0.3, -0.25) is 0 Å². The summed E-state index contributed by atoms with van der Waals surface area (Å²) in [7, 11) is 0.940. The summed E-state index contributed by atoms with van der Waals surface area (Å²) in [6.45, 7) is 0. The van der Waals surface area contributed by atoms with Crippen LogP contribution >= 0.6 is 0 Å². The summed E-state index contributed by atoms with van der Waals surface area (Å²) in [5, 5.41) is 5.92. The second-order valence-electron chi connectivity index (χ2n) is 7.55. The maximum atomic E-state index is 6.00. The highest BCUT2D eigenvalue weighted by atomic mass is 28.2. The second kappa shape index (κ2) is 8.14. The van der Waals surface area contributed by atoms with E-state index in [1.807, 2.05) is 42.5 Å². The van der Waals surface area contributed by atoms with E-state index in [1.54, 1.807) is 0 Å². The van der Waals surface area contributed by atoms with E-state index in [2.05, 4.69) is 64.9 Å². The monoisotopic (exact) mass is 446 g/mol.